The highest BCUT2D eigenvalue weighted by Gasteiger charge is 2.04. The highest BCUT2D eigenvalue weighted by Crippen LogP contribution is 2.17. The van der Waals surface area contributed by atoms with Gasteiger partial charge in [0.1, 0.15) is 0 Å². The van der Waals surface area contributed by atoms with Gasteiger partial charge in [-0.05, 0) is 0 Å². The second kappa shape index (κ2) is 4.47. The molecule has 0 saturated heterocycles. The molecule has 0 aliphatic rings. The highest BCUT2D eigenvalue weighted by molar-refractivity contribution is 7.80. The van der Waals surface area contributed by atoms with Gasteiger partial charge in [0.2, 0.25) is 0 Å². The van der Waals surface area contributed by atoms with E-state index in [2.05, 4.69) is 22.9 Å². The Morgan fingerprint density at radius 3 is 3.08 bits per heavy atom. The van der Waals surface area contributed by atoms with Gasteiger partial charge in [0.05, 0.1) is 11.1 Å². The molecule has 1 heterocycles. The van der Waals surface area contributed by atoms with E-state index in [9.17, 15) is 4.79 Å². The Labute approximate surface area is 80.6 Å². The van der Waals surface area contributed by atoms with Crippen molar-refractivity contribution in [3.63, 3.8) is 0 Å². The van der Waals surface area contributed by atoms with Crippen molar-refractivity contribution in [2.75, 3.05) is 17.6 Å². The molecule has 0 atom stereocenters. The summed E-state index contributed by atoms with van der Waals surface area (Å²) in [6.07, 6.45) is 1.59. The van der Waals surface area contributed by atoms with E-state index in [4.69, 9.17) is 0 Å². The van der Waals surface area contributed by atoms with Crippen molar-refractivity contribution in [1.82, 2.24) is 4.98 Å². The Kier molecular flexibility index (Phi) is 3.55. The molecule has 5 heteroatoms. The van der Waals surface area contributed by atoms with Crippen molar-refractivity contribution >= 4 is 34.9 Å². The maximum atomic E-state index is 10.9. The van der Waals surface area contributed by atoms with Crippen LogP contribution in [0.25, 0.3) is 0 Å². The predicted molar refractivity (Wildman–Crippen MR) is 54.5 cm³/mol. The molecule has 66 valence electrons. The van der Waals surface area contributed by atoms with Gasteiger partial charge >= 0.3 is 0 Å². The fourth-order valence-electron chi connectivity index (χ4n) is 0.681. The van der Waals surface area contributed by atoms with Crippen LogP contribution in [0.15, 0.2) is 6.20 Å². The SMILES string of the molecule is CC(=O)c1cnc(NCCS)s1. The van der Waals surface area contributed by atoms with Gasteiger partial charge in [-0.3, -0.25) is 4.79 Å². The number of thiazole rings is 1. The number of Topliss-reactive ketones (excluding diaryl/α,β-unsaturated/α-hetero) is 1. The molecule has 3 nitrogen and oxygen atoms in total. The molecule has 0 unspecified atom stereocenters. The third kappa shape index (κ3) is 2.49. The van der Waals surface area contributed by atoms with Gasteiger partial charge in [0.15, 0.2) is 10.9 Å². The molecule has 0 spiro atoms. The van der Waals surface area contributed by atoms with Gasteiger partial charge in [-0.15, -0.1) is 0 Å². The highest BCUT2D eigenvalue weighted by atomic mass is 32.1. The van der Waals surface area contributed by atoms with E-state index in [1.807, 2.05) is 0 Å². The van der Waals surface area contributed by atoms with E-state index in [0.29, 0.717) is 4.88 Å². The maximum Gasteiger partial charge on any atom is 0.183 e. The number of rotatable bonds is 4. The van der Waals surface area contributed by atoms with Crippen LogP contribution in [0.4, 0.5) is 5.13 Å². The first-order valence-electron chi connectivity index (χ1n) is 3.55. The molecule has 1 aromatic heterocycles. The minimum Gasteiger partial charge on any atom is -0.361 e. The molecule has 1 aromatic rings. The van der Waals surface area contributed by atoms with E-state index in [0.717, 1.165) is 17.4 Å². The molecular formula is C7H10N2OS2. The summed E-state index contributed by atoms with van der Waals surface area (Å²) in [4.78, 5) is 15.6. The number of nitrogens with one attached hydrogen (secondary N) is 1. The van der Waals surface area contributed by atoms with E-state index in [1.54, 1.807) is 6.20 Å². The van der Waals surface area contributed by atoms with Gasteiger partial charge in [0.25, 0.3) is 0 Å². The lowest BCUT2D eigenvalue weighted by molar-refractivity contribution is 0.102. The fourth-order valence-corrected chi connectivity index (χ4v) is 1.53. The Morgan fingerprint density at radius 2 is 2.58 bits per heavy atom. The van der Waals surface area contributed by atoms with Crippen LogP contribution in [-0.2, 0) is 0 Å². The van der Waals surface area contributed by atoms with E-state index in [1.165, 1.54) is 18.3 Å². The lowest BCUT2D eigenvalue weighted by atomic mass is 10.4. The van der Waals surface area contributed by atoms with Crippen LogP contribution >= 0.6 is 24.0 Å². The van der Waals surface area contributed by atoms with Crippen molar-refractivity contribution in [2.45, 2.75) is 6.92 Å². The van der Waals surface area contributed by atoms with Gasteiger partial charge in [-0.2, -0.15) is 12.6 Å². The van der Waals surface area contributed by atoms with Crippen molar-refractivity contribution in [3.05, 3.63) is 11.1 Å². The van der Waals surface area contributed by atoms with Crippen LogP contribution in [0.2, 0.25) is 0 Å². The predicted octanol–water partition coefficient (Wildman–Crippen LogP) is 1.69. The third-order valence-electron chi connectivity index (χ3n) is 1.24. The summed E-state index contributed by atoms with van der Waals surface area (Å²) in [6, 6.07) is 0. The Morgan fingerprint density at radius 1 is 1.83 bits per heavy atom. The van der Waals surface area contributed by atoms with E-state index < -0.39 is 0 Å². The molecule has 1 N–H and O–H groups in total. The van der Waals surface area contributed by atoms with Crippen LogP contribution in [0.5, 0.6) is 0 Å². The van der Waals surface area contributed by atoms with Crippen LogP contribution in [0.1, 0.15) is 16.6 Å². The summed E-state index contributed by atoms with van der Waals surface area (Å²) in [6.45, 7) is 2.31. The van der Waals surface area contributed by atoms with Gasteiger partial charge in [0, 0.05) is 19.2 Å². The monoisotopic (exact) mass is 202 g/mol. The number of hydrogen-bond donors (Lipinski definition) is 2. The van der Waals surface area contributed by atoms with Gasteiger partial charge < -0.3 is 5.32 Å². The van der Waals surface area contributed by atoms with Crippen LogP contribution in [0, 0.1) is 0 Å². The van der Waals surface area contributed by atoms with Crippen molar-refractivity contribution in [2.24, 2.45) is 0 Å². The average molecular weight is 202 g/mol. The second-order valence-electron chi connectivity index (χ2n) is 2.24. The number of carbonyl (C=O) groups excluding carboxylic acids is 1. The fraction of sp³-hybridized carbons (Fsp3) is 0.429. The lowest BCUT2D eigenvalue weighted by Gasteiger charge is -1.95. The smallest absolute Gasteiger partial charge is 0.183 e. The standard InChI is InChI=1S/C7H10N2OS2/c1-5(10)6-4-9-7(12-6)8-2-3-11/h4,11H,2-3H2,1H3,(H,8,9). The zero-order valence-corrected chi connectivity index (χ0v) is 8.41. The minimum atomic E-state index is 0.0615. The van der Waals surface area contributed by atoms with Crippen LogP contribution in [-0.4, -0.2) is 23.1 Å². The quantitative estimate of drug-likeness (QED) is 0.576. The van der Waals surface area contributed by atoms with Crippen LogP contribution < -0.4 is 5.32 Å². The number of ketones is 1. The molecule has 0 saturated carbocycles. The number of thiol groups is 1. The number of anilines is 1. The topological polar surface area (TPSA) is 42.0 Å². The molecule has 0 radical (unpaired) electrons. The van der Waals surface area contributed by atoms with Gasteiger partial charge in [-0.1, -0.05) is 11.3 Å². The van der Waals surface area contributed by atoms with Crippen molar-refractivity contribution in [3.8, 4) is 0 Å². The first-order valence-corrected chi connectivity index (χ1v) is 5.00. The first-order chi connectivity index (χ1) is 5.74. The Bertz CT molecular complexity index is 272. The van der Waals surface area contributed by atoms with Gasteiger partial charge in [-0.25, -0.2) is 4.98 Å². The molecule has 0 fully saturated rings. The normalized spacial score (nSPS) is 9.83. The average Bonchev–Trinajstić information content (AvgIpc) is 2.48. The summed E-state index contributed by atoms with van der Waals surface area (Å²) < 4.78 is 0. The summed E-state index contributed by atoms with van der Waals surface area (Å²) in [5.74, 6) is 0.820. The van der Waals surface area contributed by atoms with Crippen LogP contribution in [0.3, 0.4) is 0 Å². The number of carbonyl (C=O) groups is 1. The summed E-state index contributed by atoms with van der Waals surface area (Å²) in [5, 5.41) is 3.83. The molecule has 1 rings (SSSR count). The summed E-state index contributed by atoms with van der Waals surface area (Å²) >= 11 is 5.42. The summed E-state index contributed by atoms with van der Waals surface area (Å²) in [5.41, 5.74) is 0. The molecule has 0 bridgehead atoms. The number of nitrogens with zero attached hydrogens (tertiary/aromatic N) is 1. The Balaban J connectivity index is 2.58. The Hall–Kier alpha value is -0.550. The molecule has 0 aliphatic heterocycles. The maximum absolute atomic E-state index is 10.9. The van der Waals surface area contributed by atoms with E-state index in [-0.39, 0.29) is 5.78 Å². The largest absolute Gasteiger partial charge is 0.361 e. The van der Waals surface area contributed by atoms with Crippen molar-refractivity contribution < 1.29 is 4.79 Å². The number of aromatic nitrogens is 1. The molecular weight excluding hydrogens is 192 g/mol. The molecule has 12 heavy (non-hydrogen) atoms. The molecule has 0 aromatic carbocycles. The third-order valence-corrected chi connectivity index (χ3v) is 2.52. The zero-order chi connectivity index (χ0) is 8.97. The molecule has 0 aliphatic carbocycles. The first kappa shape index (κ1) is 9.54. The number of hydrogen-bond acceptors (Lipinski definition) is 5. The minimum absolute atomic E-state index is 0.0615. The summed E-state index contributed by atoms with van der Waals surface area (Å²) in [7, 11) is 0. The lowest BCUT2D eigenvalue weighted by Crippen LogP contribution is -2.01. The molecule has 0 amide bonds. The zero-order valence-electron chi connectivity index (χ0n) is 6.70. The van der Waals surface area contributed by atoms with E-state index >= 15 is 0 Å². The second-order valence-corrected chi connectivity index (χ2v) is 3.71. The van der Waals surface area contributed by atoms with Crippen molar-refractivity contribution in [1.29, 1.82) is 0 Å².